The molecule has 2 rings (SSSR count). The van der Waals surface area contributed by atoms with Gasteiger partial charge in [0, 0.05) is 12.7 Å². The highest BCUT2D eigenvalue weighted by Crippen LogP contribution is 2.12. The van der Waals surface area contributed by atoms with E-state index in [1.807, 2.05) is 13.0 Å². The van der Waals surface area contributed by atoms with E-state index in [9.17, 15) is 4.39 Å². The molecule has 0 N–H and O–H groups in total. The normalized spacial score (nSPS) is 10.9. The summed E-state index contributed by atoms with van der Waals surface area (Å²) in [5.74, 6) is 0. The van der Waals surface area contributed by atoms with Gasteiger partial charge in [0.1, 0.15) is 0 Å². The zero-order valence-electron chi connectivity index (χ0n) is 7.37. The molecule has 2 heterocycles. The average Bonchev–Trinajstić information content (AvgIpc) is 2.44. The number of nitrogens with zero attached hydrogens (tertiary/aromatic N) is 3. The van der Waals surface area contributed by atoms with Crippen LogP contribution in [0.5, 0.6) is 0 Å². The van der Waals surface area contributed by atoms with Crippen molar-refractivity contribution in [2.45, 2.75) is 19.9 Å². The molecule has 13 heavy (non-hydrogen) atoms. The highest BCUT2D eigenvalue weighted by Gasteiger charge is 2.08. The van der Waals surface area contributed by atoms with Crippen LogP contribution in [0, 0.1) is 6.08 Å². The van der Waals surface area contributed by atoms with E-state index in [0.29, 0.717) is 12.2 Å². The van der Waals surface area contributed by atoms with Crippen molar-refractivity contribution >= 4 is 11.2 Å². The Kier molecular flexibility index (Phi) is 1.96. The van der Waals surface area contributed by atoms with Gasteiger partial charge >= 0.3 is 0 Å². The third-order valence-electron chi connectivity index (χ3n) is 1.92. The largest absolute Gasteiger partial charge is 0.299 e. The van der Waals surface area contributed by atoms with Crippen LogP contribution in [0.25, 0.3) is 11.2 Å². The highest BCUT2D eigenvalue weighted by molar-refractivity contribution is 5.70. The Morgan fingerprint density at radius 2 is 2.38 bits per heavy atom. The van der Waals surface area contributed by atoms with Gasteiger partial charge in [-0.1, -0.05) is 6.92 Å². The minimum Gasteiger partial charge on any atom is -0.299 e. The standard InChI is InChI=1S/C9H10FN3/c1-2-6-13-7-4-3-5-11-8(7)12-9(13)10/h3-5H,2,6H2,1H3. The van der Waals surface area contributed by atoms with Gasteiger partial charge in [0.05, 0.1) is 5.52 Å². The molecule has 0 aromatic carbocycles. The lowest BCUT2D eigenvalue weighted by Crippen LogP contribution is -1.99. The van der Waals surface area contributed by atoms with Crippen LogP contribution < -0.4 is 0 Å². The third-order valence-corrected chi connectivity index (χ3v) is 1.92. The van der Waals surface area contributed by atoms with Crippen LogP contribution in [0.4, 0.5) is 4.39 Å². The summed E-state index contributed by atoms with van der Waals surface area (Å²) in [5, 5.41) is 0. The first-order valence-electron chi connectivity index (χ1n) is 4.29. The van der Waals surface area contributed by atoms with Crippen LogP contribution in [-0.4, -0.2) is 14.5 Å². The number of pyridine rings is 1. The first kappa shape index (κ1) is 8.16. The van der Waals surface area contributed by atoms with Crippen molar-refractivity contribution in [1.29, 1.82) is 0 Å². The summed E-state index contributed by atoms with van der Waals surface area (Å²) in [6.45, 7) is 2.65. The van der Waals surface area contributed by atoms with Crippen LogP contribution in [0.3, 0.4) is 0 Å². The molecular weight excluding hydrogens is 169 g/mol. The molecule has 2 aromatic rings. The summed E-state index contributed by atoms with van der Waals surface area (Å²) in [6, 6.07) is 3.61. The molecule has 0 bridgehead atoms. The summed E-state index contributed by atoms with van der Waals surface area (Å²) in [5.41, 5.74) is 1.25. The second-order valence-corrected chi connectivity index (χ2v) is 2.88. The second-order valence-electron chi connectivity index (χ2n) is 2.88. The van der Waals surface area contributed by atoms with Crippen molar-refractivity contribution in [3.63, 3.8) is 0 Å². The molecule has 2 aromatic heterocycles. The first-order valence-corrected chi connectivity index (χ1v) is 4.29. The number of aryl methyl sites for hydroxylation is 1. The molecule has 0 aliphatic rings. The van der Waals surface area contributed by atoms with E-state index in [1.54, 1.807) is 16.8 Å². The molecule has 68 valence electrons. The minimum atomic E-state index is -0.449. The van der Waals surface area contributed by atoms with Gasteiger partial charge in [-0.05, 0) is 18.6 Å². The fraction of sp³-hybridized carbons (Fsp3) is 0.333. The zero-order chi connectivity index (χ0) is 9.26. The predicted molar refractivity (Wildman–Crippen MR) is 47.8 cm³/mol. The maximum Gasteiger partial charge on any atom is 0.291 e. The van der Waals surface area contributed by atoms with Crippen molar-refractivity contribution < 1.29 is 4.39 Å². The lowest BCUT2D eigenvalue weighted by molar-refractivity contribution is 0.472. The van der Waals surface area contributed by atoms with Crippen LogP contribution in [0.15, 0.2) is 18.3 Å². The number of imidazole rings is 1. The first-order chi connectivity index (χ1) is 6.33. The maximum atomic E-state index is 13.2. The van der Waals surface area contributed by atoms with Gasteiger partial charge in [0.2, 0.25) is 0 Å². The minimum absolute atomic E-state index is 0.449. The van der Waals surface area contributed by atoms with Gasteiger partial charge in [0.15, 0.2) is 5.65 Å². The molecule has 0 amide bonds. The number of halogens is 1. The molecular formula is C9H10FN3. The maximum absolute atomic E-state index is 13.2. The Morgan fingerprint density at radius 1 is 1.54 bits per heavy atom. The Balaban J connectivity index is 2.64. The van der Waals surface area contributed by atoms with Gasteiger partial charge in [-0.25, -0.2) is 4.98 Å². The van der Waals surface area contributed by atoms with Crippen LogP contribution in [0.2, 0.25) is 0 Å². The predicted octanol–water partition coefficient (Wildman–Crippen LogP) is 1.98. The van der Waals surface area contributed by atoms with Crippen LogP contribution in [0.1, 0.15) is 13.3 Å². The molecule has 0 unspecified atom stereocenters. The topological polar surface area (TPSA) is 30.7 Å². The lowest BCUT2D eigenvalue weighted by atomic mass is 10.4. The SMILES string of the molecule is CCCn1c(F)nc2ncccc21. The van der Waals surface area contributed by atoms with Crippen molar-refractivity contribution in [2.75, 3.05) is 0 Å². The summed E-state index contributed by atoms with van der Waals surface area (Å²) >= 11 is 0. The molecule has 4 heteroatoms. The van der Waals surface area contributed by atoms with Gasteiger partial charge < -0.3 is 0 Å². The smallest absolute Gasteiger partial charge is 0.291 e. The number of hydrogen-bond acceptors (Lipinski definition) is 2. The van der Waals surface area contributed by atoms with E-state index in [1.165, 1.54) is 0 Å². The molecule has 0 radical (unpaired) electrons. The van der Waals surface area contributed by atoms with E-state index in [-0.39, 0.29) is 0 Å². The average molecular weight is 179 g/mol. The van der Waals surface area contributed by atoms with E-state index in [4.69, 9.17) is 0 Å². The number of rotatable bonds is 2. The van der Waals surface area contributed by atoms with E-state index < -0.39 is 6.08 Å². The second kappa shape index (κ2) is 3.12. The van der Waals surface area contributed by atoms with E-state index in [2.05, 4.69) is 9.97 Å². The number of hydrogen-bond donors (Lipinski definition) is 0. The molecule has 0 aliphatic heterocycles. The quantitative estimate of drug-likeness (QED) is 0.705. The summed E-state index contributed by atoms with van der Waals surface area (Å²) in [6.07, 6.45) is 2.05. The van der Waals surface area contributed by atoms with Crippen molar-refractivity contribution in [3.8, 4) is 0 Å². The Morgan fingerprint density at radius 3 is 3.15 bits per heavy atom. The molecule has 3 nitrogen and oxygen atoms in total. The van der Waals surface area contributed by atoms with Crippen LogP contribution >= 0.6 is 0 Å². The van der Waals surface area contributed by atoms with E-state index in [0.717, 1.165) is 11.9 Å². The van der Waals surface area contributed by atoms with Crippen molar-refractivity contribution in [2.24, 2.45) is 0 Å². The van der Waals surface area contributed by atoms with Crippen molar-refractivity contribution in [3.05, 3.63) is 24.4 Å². The summed E-state index contributed by atoms with van der Waals surface area (Å²) in [7, 11) is 0. The van der Waals surface area contributed by atoms with E-state index >= 15 is 0 Å². The Hall–Kier alpha value is -1.45. The molecule has 0 atom stereocenters. The fourth-order valence-electron chi connectivity index (χ4n) is 1.37. The molecule has 0 spiro atoms. The fourth-order valence-corrected chi connectivity index (χ4v) is 1.37. The van der Waals surface area contributed by atoms with Gasteiger partial charge in [-0.3, -0.25) is 4.57 Å². The number of fused-ring (bicyclic) bond motifs is 1. The Labute approximate surface area is 75.2 Å². The zero-order valence-corrected chi connectivity index (χ0v) is 7.37. The Bertz CT molecular complexity index is 422. The molecule has 0 saturated heterocycles. The lowest BCUT2D eigenvalue weighted by Gasteiger charge is -2.00. The molecule has 0 saturated carbocycles. The van der Waals surface area contributed by atoms with Gasteiger partial charge in [-0.2, -0.15) is 9.37 Å². The van der Waals surface area contributed by atoms with Crippen molar-refractivity contribution in [1.82, 2.24) is 14.5 Å². The number of aromatic nitrogens is 3. The highest BCUT2D eigenvalue weighted by atomic mass is 19.1. The third kappa shape index (κ3) is 1.28. The van der Waals surface area contributed by atoms with Crippen LogP contribution in [-0.2, 0) is 6.54 Å². The van der Waals surface area contributed by atoms with Gasteiger partial charge in [-0.15, -0.1) is 0 Å². The summed E-state index contributed by atoms with van der Waals surface area (Å²) in [4.78, 5) is 7.69. The molecule has 0 aliphatic carbocycles. The monoisotopic (exact) mass is 179 g/mol. The van der Waals surface area contributed by atoms with Gasteiger partial charge in [0.25, 0.3) is 6.08 Å². The summed E-state index contributed by atoms with van der Waals surface area (Å²) < 4.78 is 14.7. The molecule has 0 fully saturated rings.